The van der Waals surface area contributed by atoms with E-state index < -0.39 is 0 Å². The van der Waals surface area contributed by atoms with Crippen LogP contribution in [0.5, 0.6) is 0 Å². The summed E-state index contributed by atoms with van der Waals surface area (Å²) < 4.78 is 0. The van der Waals surface area contributed by atoms with Gasteiger partial charge in [-0.05, 0) is 23.3 Å². The van der Waals surface area contributed by atoms with Crippen LogP contribution in [0.1, 0.15) is 17.0 Å². The first kappa shape index (κ1) is 14.8. The van der Waals surface area contributed by atoms with E-state index in [4.69, 9.17) is 0 Å². The lowest BCUT2D eigenvalue weighted by atomic mass is 10.1. The van der Waals surface area contributed by atoms with Crippen molar-refractivity contribution in [2.24, 2.45) is 0 Å². The van der Waals surface area contributed by atoms with Crippen LogP contribution in [0.25, 0.3) is 6.08 Å². The number of carbonyl (C=O) groups is 1. The smallest absolute Gasteiger partial charge is 0.248 e. The molecule has 0 saturated carbocycles. The van der Waals surface area contributed by atoms with Gasteiger partial charge in [-0.3, -0.25) is 4.79 Å². The second kappa shape index (κ2) is 7.22. The summed E-state index contributed by atoms with van der Waals surface area (Å²) >= 11 is 0. The molecule has 0 unspecified atom stereocenters. The van der Waals surface area contributed by atoms with E-state index in [2.05, 4.69) is 15.3 Å². The average molecular weight is 303 g/mol. The van der Waals surface area contributed by atoms with Crippen LogP contribution in [-0.2, 0) is 11.2 Å². The Bertz CT molecular complexity index is 793. The molecule has 0 aliphatic carbocycles. The van der Waals surface area contributed by atoms with Crippen LogP contribution in [0.4, 0.5) is 5.69 Å². The van der Waals surface area contributed by atoms with Gasteiger partial charge in [-0.2, -0.15) is 0 Å². The lowest BCUT2D eigenvalue weighted by Gasteiger charge is -2.08. The number of amides is 1. The summed E-state index contributed by atoms with van der Waals surface area (Å²) in [6, 6.07) is 17.5. The predicted molar refractivity (Wildman–Crippen MR) is 91.9 cm³/mol. The Hall–Kier alpha value is -3.14. The maximum absolute atomic E-state index is 12.1. The van der Waals surface area contributed by atoms with Crippen LogP contribution in [0.2, 0.25) is 0 Å². The van der Waals surface area contributed by atoms with Crippen molar-refractivity contribution < 1.29 is 4.79 Å². The van der Waals surface area contributed by atoms with Gasteiger partial charge in [0.2, 0.25) is 5.91 Å². The molecule has 3 rings (SSSR count). The third-order valence-corrected chi connectivity index (χ3v) is 3.41. The summed E-state index contributed by atoms with van der Waals surface area (Å²) in [5.41, 5.74) is 2.81. The topological polar surface area (TPSA) is 57.8 Å². The van der Waals surface area contributed by atoms with Crippen LogP contribution < -0.4 is 5.32 Å². The molecule has 4 heteroatoms. The number of imidazole rings is 1. The Balaban J connectivity index is 1.70. The summed E-state index contributed by atoms with van der Waals surface area (Å²) in [5, 5.41) is 2.93. The molecule has 0 saturated heterocycles. The molecular formula is C19H17N3O. The molecular weight excluding hydrogens is 286 g/mol. The molecule has 0 aliphatic heterocycles. The molecule has 2 aromatic carbocycles. The molecule has 2 N–H and O–H groups in total. The number of aromatic nitrogens is 2. The van der Waals surface area contributed by atoms with Gasteiger partial charge >= 0.3 is 0 Å². The Kier molecular flexibility index (Phi) is 4.64. The number of benzene rings is 2. The van der Waals surface area contributed by atoms with Crippen molar-refractivity contribution >= 4 is 17.7 Å². The van der Waals surface area contributed by atoms with E-state index in [1.165, 1.54) is 0 Å². The summed E-state index contributed by atoms with van der Waals surface area (Å²) in [5.74, 6) is 0.715. The van der Waals surface area contributed by atoms with Gasteiger partial charge in [0.05, 0.1) is 0 Å². The van der Waals surface area contributed by atoms with Crippen molar-refractivity contribution in [1.29, 1.82) is 0 Å². The number of hydrogen-bond donors (Lipinski definition) is 2. The first-order valence-electron chi connectivity index (χ1n) is 7.41. The highest BCUT2D eigenvalue weighted by Gasteiger charge is 2.06. The van der Waals surface area contributed by atoms with Gasteiger partial charge in [-0.15, -0.1) is 0 Å². The van der Waals surface area contributed by atoms with Crippen molar-refractivity contribution in [2.75, 3.05) is 5.32 Å². The third-order valence-electron chi connectivity index (χ3n) is 3.41. The van der Waals surface area contributed by atoms with Crippen LogP contribution in [0.3, 0.4) is 0 Å². The fourth-order valence-electron chi connectivity index (χ4n) is 2.28. The van der Waals surface area contributed by atoms with Crippen LogP contribution in [0.15, 0.2) is 73.1 Å². The molecule has 1 aromatic heterocycles. The van der Waals surface area contributed by atoms with E-state index >= 15 is 0 Å². The van der Waals surface area contributed by atoms with Gasteiger partial charge in [0, 0.05) is 30.6 Å². The van der Waals surface area contributed by atoms with E-state index in [1.54, 1.807) is 24.5 Å². The van der Waals surface area contributed by atoms with Crippen molar-refractivity contribution in [1.82, 2.24) is 9.97 Å². The molecule has 0 radical (unpaired) electrons. The van der Waals surface area contributed by atoms with Gasteiger partial charge in [-0.25, -0.2) is 4.98 Å². The third kappa shape index (κ3) is 4.17. The zero-order valence-electron chi connectivity index (χ0n) is 12.6. The van der Waals surface area contributed by atoms with Crippen LogP contribution in [0, 0.1) is 0 Å². The molecule has 114 valence electrons. The van der Waals surface area contributed by atoms with Gasteiger partial charge in [-0.1, -0.05) is 48.5 Å². The predicted octanol–water partition coefficient (Wildman–Crippen LogP) is 3.65. The second-order valence-corrected chi connectivity index (χ2v) is 5.10. The van der Waals surface area contributed by atoms with E-state index in [9.17, 15) is 4.79 Å². The number of H-pyrrole nitrogens is 1. The summed E-state index contributed by atoms with van der Waals surface area (Å²) in [6.45, 7) is 0. The first-order chi connectivity index (χ1) is 11.3. The maximum Gasteiger partial charge on any atom is 0.248 e. The minimum Gasteiger partial charge on any atom is -0.348 e. The number of nitrogens with one attached hydrogen (secondary N) is 2. The quantitative estimate of drug-likeness (QED) is 0.707. The molecule has 4 nitrogen and oxygen atoms in total. The fraction of sp³-hybridized carbons (Fsp3) is 0.0526. The lowest BCUT2D eigenvalue weighted by molar-refractivity contribution is -0.111. The highest BCUT2D eigenvalue weighted by molar-refractivity contribution is 6.02. The van der Waals surface area contributed by atoms with Gasteiger partial charge in [0.1, 0.15) is 5.82 Å². The standard InChI is InChI=1S/C19H17N3O/c23-19(11-10-15-6-2-1-3-7-15)22-17-9-5-4-8-16(17)14-18-20-12-13-21-18/h1-13H,14H2,(H,20,21)(H,22,23)/b11-10+. The molecule has 0 aliphatic rings. The number of hydrogen-bond acceptors (Lipinski definition) is 2. The molecule has 1 heterocycles. The summed E-state index contributed by atoms with van der Waals surface area (Å²) in [4.78, 5) is 19.4. The van der Waals surface area contributed by atoms with Crippen molar-refractivity contribution in [2.45, 2.75) is 6.42 Å². The van der Waals surface area contributed by atoms with Crippen LogP contribution in [-0.4, -0.2) is 15.9 Å². The van der Waals surface area contributed by atoms with E-state index in [1.807, 2.05) is 54.6 Å². The normalized spacial score (nSPS) is 10.8. The van der Waals surface area contributed by atoms with Crippen molar-refractivity contribution in [3.8, 4) is 0 Å². The van der Waals surface area contributed by atoms with E-state index in [0.717, 1.165) is 22.6 Å². The number of carbonyl (C=O) groups excluding carboxylic acids is 1. The van der Waals surface area contributed by atoms with Gasteiger partial charge < -0.3 is 10.3 Å². The Morgan fingerprint density at radius 1 is 1.09 bits per heavy atom. The number of nitrogens with zero attached hydrogens (tertiary/aromatic N) is 1. The molecule has 0 bridgehead atoms. The average Bonchev–Trinajstić information content (AvgIpc) is 3.09. The number of anilines is 1. The number of aromatic amines is 1. The lowest BCUT2D eigenvalue weighted by Crippen LogP contribution is -2.10. The zero-order chi connectivity index (χ0) is 15.9. The minimum atomic E-state index is -0.152. The number of rotatable bonds is 5. The molecule has 0 fully saturated rings. The van der Waals surface area contributed by atoms with Crippen LogP contribution >= 0.6 is 0 Å². The van der Waals surface area contributed by atoms with Gasteiger partial charge in [0.15, 0.2) is 0 Å². The summed E-state index contributed by atoms with van der Waals surface area (Å²) in [7, 11) is 0. The highest BCUT2D eigenvalue weighted by Crippen LogP contribution is 2.17. The zero-order valence-corrected chi connectivity index (χ0v) is 12.6. The Morgan fingerprint density at radius 2 is 1.87 bits per heavy atom. The highest BCUT2D eigenvalue weighted by atomic mass is 16.1. The largest absolute Gasteiger partial charge is 0.348 e. The molecule has 0 atom stereocenters. The van der Waals surface area contributed by atoms with Gasteiger partial charge in [0.25, 0.3) is 0 Å². The second-order valence-electron chi connectivity index (χ2n) is 5.10. The maximum atomic E-state index is 12.1. The Labute approximate surface area is 134 Å². The number of para-hydroxylation sites is 1. The van der Waals surface area contributed by atoms with E-state index in [0.29, 0.717) is 6.42 Å². The van der Waals surface area contributed by atoms with Crippen molar-refractivity contribution in [3.63, 3.8) is 0 Å². The van der Waals surface area contributed by atoms with E-state index in [-0.39, 0.29) is 5.91 Å². The van der Waals surface area contributed by atoms with Crippen molar-refractivity contribution in [3.05, 3.63) is 90.0 Å². The summed E-state index contributed by atoms with van der Waals surface area (Å²) in [6.07, 6.45) is 7.49. The minimum absolute atomic E-state index is 0.152. The molecule has 1 amide bonds. The first-order valence-corrected chi connectivity index (χ1v) is 7.41. The monoisotopic (exact) mass is 303 g/mol. The molecule has 23 heavy (non-hydrogen) atoms. The SMILES string of the molecule is O=C(/C=C/c1ccccc1)Nc1ccccc1Cc1ncc[nH]1. The molecule has 3 aromatic rings. The fourth-order valence-corrected chi connectivity index (χ4v) is 2.28. The Morgan fingerprint density at radius 3 is 2.65 bits per heavy atom. The molecule has 0 spiro atoms.